The highest BCUT2D eigenvalue weighted by molar-refractivity contribution is 7.10. The monoisotopic (exact) mass is 1540 g/mol. The maximum Gasteiger partial charge on any atom is 0.307 e. The number of carbonyl (C=O) groups excluding carboxylic acids is 5. The van der Waals surface area contributed by atoms with E-state index in [1.165, 1.54) is 26.4 Å². The largest absolute Gasteiger partial charge is 0.481 e. The molecule has 12 atom stereocenters. The molecule has 0 fully saturated rings. The maximum absolute atomic E-state index is 15.0. The maximum atomic E-state index is 15.0. The van der Waals surface area contributed by atoms with Crippen molar-refractivity contribution < 1.29 is 82.0 Å². The number of carboxylic acids is 1. The van der Waals surface area contributed by atoms with E-state index in [9.17, 15) is 53.6 Å². The number of nitrogens with zero attached hydrogens (tertiary/aromatic N) is 2. The lowest BCUT2D eigenvalue weighted by Crippen LogP contribution is -2.51. The minimum atomic E-state index is -1.27. The van der Waals surface area contributed by atoms with Crippen LogP contribution in [0.3, 0.4) is 0 Å². The van der Waals surface area contributed by atoms with Crippen LogP contribution in [0.25, 0.3) is 22.3 Å². The number of rotatable bonds is 29. The van der Waals surface area contributed by atoms with Crippen LogP contribution in [0.5, 0.6) is 11.8 Å². The topological polar surface area (TPSA) is 328 Å². The lowest BCUT2D eigenvalue weighted by Gasteiger charge is -2.34. The number of ether oxygens (including phenoxy) is 4. The molecule has 0 unspecified atom stereocenters. The molecule has 584 valence electrons. The van der Waals surface area contributed by atoms with E-state index < -0.39 is 124 Å². The van der Waals surface area contributed by atoms with E-state index in [1.807, 2.05) is 104 Å². The fourth-order valence-electron chi connectivity index (χ4n) is 13.5. The molecule has 109 heavy (non-hydrogen) atoms. The third-order valence-corrected chi connectivity index (χ3v) is 22.1. The Morgan fingerprint density at radius 1 is 0.532 bits per heavy atom. The summed E-state index contributed by atoms with van der Waals surface area (Å²) >= 11 is 3.18. The second-order valence-corrected chi connectivity index (χ2v) is 31.9. The summed E-state index contributed by atoms with van der Waals surface area (Å²) < 4.78 is 49.2. The van der Waals surface area contributed by atoms with Gasteiger partial charge in [-0.3, -0.25) is 28.8 Å². The Balaban J connectivity index is 0.000000241. The first-order chi connectivity index (χ1) is 51.9. The number of hydrogen-bond donors (Lipinski definition) is 9. The van der Waals surface area contributed by atoms with Crippen molar-refractivity contribution in [3.05, 3.63) is 211 Å². The van der Waals surface area contributed by atoms with Crippen molar-refractivity contribution in [1.82, 2.24) is 25.9 Å². The number of aliphatic hydroxyl groups is 4. The number of esters is 2. The molecule has 0 bridgehead atoms. The van der Waals surface area contributed by atoms with Crippen molar-refractivity contribution >= 4 is 58.3 Å². The van der Waals surface area contributed by atoms with E-state index in [0.29, 0.717) is 48.6 Å². The molecule has 3 amide bonds. The molecule has 0 spiro atoms. The smallest absolute Gasteiger partial charge is 0.307 e. The van der Waals surface area contributed by atoms with Gasteiger partial charge in [0.1, 0.15) is 11.6 Å². The Morgan fingerprint density at radius 3 is 1.32 bits per heavy atom. The van der Waals surface area contributed by atoms with Crippen LogP contribution in [-0.2, 0) is 76.8 Å². The van der Waals surface area contributed by atoms with E-state index in [-0.39, 0.29) is 50.9 Å². The van der Waals surface area contributed by atoms with Crippen molar-refractivity contribution in [3.8, 4) is 34.0 Å². The summed E-state index contributed by atoms with van der Waals surface area (Å²) in [5.74, 6) is -6.19. The zero-order valence-corrected chi connectivity index (χ0v) is 64.9. The molecule has 2 aliphatic carbocycles. The van der Waals surface area contributed by atoms with Crippen LogP contribution in [-0.4, -0.2) is 136 Å². The highest BCUT2D eigenvalue weighted by Gasteiger charge is 2.40. The summed E-state index contributed by atoms with van der Waals surface area (Å²) in [4.78, 5) is 86.6. The number of methoxy groups -OCH3 is 4. The van der Waals surface area contributed by atoms with Gasteiger partial charge in [-0.15, -0.1) is 22.7 Å². The quantitative estimate of drug-likeness (QED) is 0.0197. The van der Waals surface area contributed by atoms with Gasteiger partial charge >= 0.3 is 17.9 Å². The summed E-state index contributed by atoms with van der Waals surface area (Å²) in [6.45, 7) is 10.9. The second-order valence-electron chi connectivity index (χ2n) is 29.9. The Labute approximate surface area is 644 Å². The summed E-state index contributed by atoms with van der Waals surface area (Å²) in [5, 5.41) is 66.6. The highest BCUT2D eigenvalue weighted by atomic mass is 32.1. The van der Waals surface area contributed by atoms with Crippen LogP contribution in [0.1, 0.15) is 135 Å². The predicted molar refractivity (Wildman–Crippen MR) is 414 cm³/mol. The number of amides is 3. The molecule has 0 aliphatic heterocycles. The Kier molecular flexibility index (Phi) is 31.2. The fourth-order valence-corrected chi connectivity index (χ4v) is 15.4. The molecule has 0 saturated carbocycles. The zero-order chi connectivity index (χ0) is 79.3. The van der Waals surface area contributed by atoms with Crippen molar-refractivity contribution in [2.24, 2.45) is 40.2 Å². The molecule has 10 N–H and O–H groups in total. The number of thiophene rings is 2. The number of hydrogen-bond acceptors (Lipinski definition) is 19. The van der Waals surface area contributed by atoms with Crippen LogP contribution in [0.4, 0.5) is 8.78 Å². The van der Waals surface area contributed by atoms with E-state index in [2.05, 4.69) is 30.7 Å². The van der Waals surface area contributed by atoms with Gasteiger partial charge in [0.15, 0.2) is 0 Å². The number of carbonyl (C=O) groups is 6. The predicted octanol–water partition coefficient (Wildman–Crippen LogP) is 11.9. The third kappa shape index (κ3) is 24.3. The van der Waals surface area contributed by atoms with E-state index in [0.717, 1.165) is 60.7 Å². The lowest BCUT2D eigenvalue weighted by molar-refractivity contribution is -0.153. The molecule has 10 rings (SSSR count). The van der Waals surface area contributed by atoms with Crippen molar-refractivity contribution in [2.75, 3.05) is 28.4 Å². The van der Waals surface area contributed by atoms with Crippen LogP contribution >= 0.6 is 22.7 Å². The molecule has 0 radical (unpaired) electrons. The summed E-state index contributed by atoms with van der Waals surface area (Å²) in [6, 6.07) is 36.5. The number of benzene rings is 4. The lowest BCUT2D eigenvalue weighted by atomic mass is 9.77. The summed E-state index contributed by atoms with van der Waals surface area (Å²) in [7, 11) is 5.65. The van der Waals surface area contributed by atoms with Crippen molar-refractivity contribution in [3.63, 3.8) is 0 Å². The normalized spacial score (nSPS) is 17.5. The molecule has 4 aromatic carbocycles. The Bertz CT molecular complexity index is 4280. The Hall–Kier alpha value is -9.34. The van der Waals surface area contributed by atoms with Crippen molar-refractivity contribution in [1.29, 1.82) is 0 Å². The first-order valence-electron chi connectivity index (χ1n) is 36.4. The number of halogens is 2. The van der Waals surface area contributed by atoms with Gasteiger partial charge in [0, 0.05) is 63.3 Å². The molecule has 4 aromatic heterocycles. The SMILES string of the molecule is COC(=O)C[C@H](C(=O)N[C@@H](Cc1ccc(-c2ccc(OC)nc2)cc1)[C@@H](O)C[C@@H](Cc1ccccc1F)C(=O)N[C@H]1c2ccsc2CC[C@H]1O)C(C)(C)C.COC(=O)C[C@H](C(=O)O)C(C)(C)C.COc1ccc(-c2ccc(C[C@H](N)[C@@H](O)C[C@@H](Cc3ccccc3F)C(=O)N[C@H]3c4ccsc4CC[C@H]3O)cc2)cn1. The minimum Gasteiger partial charge on any atom is -0.481 e. The first-order valence-corrected chi connectivity index (χ1v) is 38.2. The van der Waals surface area contributed by atoms with Gasteiger partial charge in [-0.25, -0.2) is 18.7 Å². The number of carboxylic acid groups (broad SMARTS) is 1. The fraction of sp³-hybridized carbons (Fsp3) is 0.429. The molecule has 25 heteroatoms. The average molecular weight is 1540 g/mol. The third-order valence-electron chi connectivity index (χ3n) is 20.2. The molecule has 8 aromatic rings. The molecule has 21 nitrogen and oxygen atoms in total. The number of aliphatic carboxylic acids is 1. The average Bonchev–Trinajstić information content (AvgIpc) is 1.74. The number of aromatic nitrogens is 2. The van der Waals surface area contributed by atoms with Gasteiger partial charge in [-0.05, 0) is 167 Å². The summed E-state index contributed by atoms with van der Waals surface area (Å²) in [6.07, 6.45) is 2.54. The number of aliphatic hydroxyl groups excluding tert-OH is 4. The number of aryl methyl sites for hydroxylation is 2. The number of pyridine rings is 2. The second kappa shape index (κ2) is 39.9. The van der Waals surface area contributed by atoms with Gasteiger partial charge in [0.2, 0.25) is 29.5 Å². The van der Waals surface area contributed by atoms with Crippen LogP contribution in [0.15, 0.2) is 157 Å². The van der Waals surface area contributed by atoms with Gasteiger partial charge in [-0.2, -0.15) is 0 Å². The highest BCUT2D eigenvalue weighted by Crippen LogP contribution is 2.38. The van der Waals surface area contributed by atoms with E-state index in [1.54, 1.807) is 119 Å². The van der Waals surface area contributed by atoms with Crippen molar-refractivity contribution in [2.45, 2.75) is 167 Å². The van der Waals surface area contributed by atoms with E-state index in [4.69, 9.17) is 25.1 Å². The van der Waals surface area contributed by atoms with Gasteiger partial charge < -0.3 is 66.2 Å². The number of nitrogens with two attached hydrogens (primary N) is 1. The number of nitrogens with one attached hydrogen (secondary N) is 3. The van der Waals surface area contributed by atoms with E-state index >= 15 is 4.39 Å². The summed E-state index contributed by atoms with van der Waals surface area (Å²) in [5.41, 5.74) is 13.3. The molecular weight excluding hydrogens is 1440 g/mol. The number of fused-ring (bicyclic) bond motifs is 2. The Morgan fingerprint density at radius 2 is 0.936 bits per heavy atom. The molecule has 0 saturated heterocycles. The first kappa shape index (κ1) is 85.3. The molecule has 2 aliphatic rings. The molecule has 4 heterocycles. The van der Waals surface area contributed by atoms with Gasteiger partial charge in [0.05, 0.1) is 95.7 Å². The van der Waals surface area contributed by atoms with Gasteiger partial charge in [-0.1, -0.05) is 126 Å². The van der Waals surface area contributed by atoms with Crippen LogP contribution < -0.4 is 31.2 Å². The minimum absolute atomic E-state index is 0.0207. The van der Waals surface area contributed by atoms with Crippen LogP contribution in [0.2, 0.25) is 0 Å². The standard InChI is InChI=1S/C42H50FN3O7S.C33H36FN3O4S.C9H16O4/c1-42(2,3)31(23-38(49)53-5)41(51)45-33(20-25-10-12-26(13-11-25)28-14-17-37(52-4)44-24-28)35(48)22-29(21-27-8-6-7-9-32(27)43)40(50)46-39-30-18-19-54-36(30)16-15-34(39)47;1-41-31-13-10-23(19-36-31)21-8-6-20(7-9-21)16-27(35)29(39)18-24(17-22-4-2-3-5-26(22)34)33(40)37-32-25-14-15-42-30(25)12-11-28(32)38;1-9(2,3)6(8(11)12)5-7(10)13-4/h6-14,17-19,24,29,31,33-35,39,47-48H,15-16,20-23H2,1-5H3,(H,45,51)(H,46,50);2-10,13-15,19,24,27-29,32,38-39H,11-12,16-18,35H2,1H3,(H,37,40);6H,5H2,1-4H3,(H,11,12)/t29-,31-,33+,34-,35+,39+;24-,27+,28-,29+,32+;6-/m111/s1. The van der Waals surface area contributed by atoms with Gasteiger partial charge in [0.25, 0.3) is 0 Å². The van der Waals surface area contributed by atoms with Crippen LogP contribution in [0, 0.1) is 46.1 Å². The molecular formula is C84H102F2N6O15S2. The zero-order valence-electron chi connectivity index (χ0n) is 63.3.